The molecule has 0 saturated carbocycles. The first-order chi connectivity index (χ1) is 16.0. The third-order valence-electron chi connectivity index (χ3n) is 5.52. The van der Waals surface area contributed by atoms with E-state index < -0.39 is 17.7 Å². The molecule has 0 radical (unpaired) electrons. The number of ether oxygens (including phenoxy) is 2. The van der Waals surface area contributed by atoms with Gasteiger partial charge in [0.25, 0.3) is 11.7 Å². The summed E-state index contributed by atoms with van der Waals surface area (Å²) in [6, 6.07) is 14.5. The van der Waals surface area contributed by atoms with Crippen LogP contribution in [0.5, 0.6) is 11.5 Å². The highest BCUT2D eigenvalue weighted by atomic mass is 35.5. The van der Waals surface area contributed by atoms with Gasteiger partial charge in [0.1, 0.15) is 17.3 Å². The van der Waals surface area contributed by atoms with Crippen LogP contribution in [0.25, 0.3) is 5.76 Å². The topological polar surface area (TPSA) is 89.0 Å². The van der Waals surface area contributed by atoms with Crippen molar-refractivity contribution >= 4 is 29.1 Å². The van der Waals surface area contributed by atoms with Crippen molar-refractivity contribution in [1.29, 1.82) is 0 Å². The van der Waals surface area contributed by atoms with Crippen LogP contribution in [0, 0.1) is 0 Å². The van der Waals surface area contributed by atoms with Gasteiger partial charge in [-0.2, -0.15) is 0 Å². The van der Waals surface area contributed by atoms with E-state index in [0.717, 1.165) is 5.56 Å². The number of hydrogen-bond donors (Lipinski definition) is 1. The summed E-state index contributed by atoms with van der Waals surface area (Å²) in [5.74, 6) is -0.799. The highest BCUT2D eigenvalue weighted by molar-refractivity contribution is 6.46. The summed E-state index contributed by atoms with van der Waals surface area (Å²) in [7, 11) is 3.02. The van der Waals surface area contributed by atoms with Gasteiger partial charge in [-0.1, -0.05) is 29.8 Å². The van der Waals surface area contributed by atoms with Crippen molar-refractivity contribution in [2.24, 2.45) is 0 Å². The SMILES string of the molecule is COc1ccc(/C(O)=C2/C(=O)C(=O)N(Cc3ccccc3OC)C2c2ccncc2)cc1Cl. The van der Waals surface area contributed by atoms with Gasteiger partial charge in [0.2, 0.25) is 0 Å². The molecule has 0 spiro atoms. The van der Waals surface area contributed by atoms with E-state index in [-0.39, 0.29) is 22.9 Å². The smallest absolute Gasteiger partial charge is 0.295 e. The van der Waals surface area contributed by atoms with Gasteiger partial charge in [0.05, 0.1) is 37.4 Å². The molecule has 1 unspecified atom stereocenters. The first-order valence-electron chi connectivity index (χ1n) is 10.1. The summed E-state index contributed by atoms with van der Waals surface area (Å²) < 4.78 is 10.6. The highest BCUT2D eigenvalue weighted by Crippen LogP contribution is 2.41. The molecule has 1 aromatic heterocycles. The number of hydrogen-bond acceptors (Lipinski definition) is 6. The molecule has 7 nitrogen and oxygen atoms in total. The average molecular weight is 465 g/mol. The minimum absolute atomic E-state index is 0.0256. The number of rotatable bonds is 6. The maximum absolute atomic E-state index is 13.2. The van der Waals surface area contributed by atoms with Gasteiger partial charge >= 0.3 is 0 Å². The maximum Gasteiger partial charge on any atom is 0.295 e. The lowest BCUT2D eigenvalue weighted by Gasteiger charge is -2.26. The fourth-order valence-electron chi connectivity index (χ4n) is 3.92. The third kappa shape index (κ3) is 4.15. The maximum atomic E-state index is 13.2. The molecule has 2 heterocycles. The lowest BCUT2D eigenvalue weighted by molar-refractivity contribution is -0.140. The molecule has 2 aromatic carbocycles. The molecule has 33 heavy (non-hydrogen) atoms. The van der Waals surface area contributed by atoms with E-state index in [1.807, 2.05) is 18.2 Å². The number of pyridine rings is 1. The van der Waals surface area contributed by atoms with E-state index in [9.17, 15) is 14.7 Å². The molecule has 1 atom stereocenters. The van der Waals surface area contributed by atoms with Gasteiger partial charge in [0, 0.05) is 23.5 Å². The third-order valence-corrected chi connectivity index (χ3v) is 5.82. The Kier molecular flexibility index (Phi) is 6.33. The summed E-state index contributed by atoms with van der Waals surface area (Å²) in [5, 5.41) is 11.4. The number of halogens is 1. The molecule has 1 aliphatic heterocycles. The number of aliphatic hydroxyl groups is 1. The number of methoxy groups -OCH3 is 2. The van der Waals surface area contributed by atoms with Crippen LogP contribution in [-0.4, -0.2) is 40.9 Å². The van der Waals surface area contributed by atoms with E-state index in [2.05, 4.69) is 4.98 Å². The molecular weight excluding hydrogens is 444 g/mol. The minimum Gasteiger partial charge on any atom is -0.507 e. The normalized spacial score (nSPS) is 17.3. The predicted molar refractivity (Wildman–Crippen MR) is 123 cm³/mol. The molecule has 1 saturated heterocycles. The summed E-state index contributed by atoms with van der Waals surface area (Å²) in [6.45, 7) is 0.113. The highest BCUT2D eigenvalue weighted by Gasteiger charge is 2.46. The number of nitrogens with zero attached hydrogens (tertiary/aromatic N) is 2. The van der Waals surface area contributed by atoms with Crippen LogP contribution in [-0.2, 0) is 16.1 Å². The van der Waals surface area contributed by atoms with E-state index in [1.165, 1.54) is 18.1 Å². The number of likely N-dealkylation sites (tertiary alicyclic amines) is 1. The summed E-state index contributed by atoms with van der Waals surface area (Å²) in [5.41, 5.74) is 1.64. The van der Waals surface area contributed by atoms with Gasteiger partial charge < -0.3 is 19.5 Å². The first kappa shape index (κ1) is 22.4. The molecule has 1 amide bonds. The Morgan fingerprint density at radius 2 is 1.73 bits per heavy atom. The summed E-state index contributed by atoms with van der Waals surface area (Å²) in [6.07, 6.45) is 3.14. The number of amides is 1. The Morgan fingerprint density at radius 1 is 1.03 bits per heavy atom. The Bertz CT molecular complexity index is 1240. The molecule has 1 aliphatic rings. The van der Waals surface area contributed by atoms with Gasteiger partial charge in [-0.3, -0.25) is 14.6 Å². The Balaban J connectivity index is 1.86. The van der Waals surface area contributed by atoms with Gasteiger partial charge in [-0.15, -0.1) is 0 Å². The van der Waals surface area contributed by atoms with E-state index >= 15 is 0 Å². The number of aliphatic hydroxyl groups excluding tert-OH is 1. The van der Waals surface area contributed by atoms with E-state index in [1.54, 1.807) is 49.8 Å². The second-order valence-corrected chi connectivity index (χ2v) is 7.78. The number of ketones is 1. The fourth-order valence-corrected chi connectivity index (χ4v) is 4.18. The molecule has 1 fully saturated rings. The molecule has 0 bridgehead atoms. The number of carbonyl (C=O) groups is 2. The number of para-hydroxylation sites is 1. The Labute approximate surface area is 195 Å². The molecular formula is C25H21ClN2O5. The van der Waals surface area contributed by atoms with Crippen LogP contribution < -0.4 is 9.47 Å². The number of aromatic nitrogens is 1. The van der Waals surface area contributed by atoms with Crippen LogP contribution >= 0.6 is 11.6 Å². The quantitative estimate of drug-likeness (QED) is 0.331. The average Bonchev–Trinajstić information content (AvgIpc) is 3.09. The van der Waals surface area contributed by atoms with E-state index in [0.29, 0.717) is 22.6 Å². The standard InChI is InChI=1S/C25H21ClN2O5/c1-32-19-6-4-3-5-17(19)14-28-22(15-9-11-27-12-10-15)21(24(30)25(28)31)23(29)16-7-8-20(33-2)18(26)13-16/h3-13,22,29H,14H2,1-2H3/b23-21-. The molecule has 1 N–H and O–H groups in total. The van der Waals surface area contributed by atoms with Crippen LogP contribution in [0.3, 0.4) is 0 Å². The largest absolute Gasteiger partial charge is 0.507 e. The van der Waals surface area contributed by atoms with Crippen molar-refractivity contribution in [1.82, 2.24) is 9.88 Å². The second-order valence-electron chi connectivity index (χ2n) is 7.37. The van der Waals surface area contributed by atoms with Crippen molar-refractivity contribution in [2.75, 3.05) is 14.2 Å². The van der Waals surface area contributed by atoms with Crippen LogP contribution in [0.4, 0.5) is 0 Å². The van der Waals surface area contributed by atoms with Crippen molar-refractivity contribution in [3.8, 4) is 11.5 Å². The molecule has 4 rings (SSSR count). The van der Waals surface area contributed by atoms with E-state index in [4.69, 9.17) is 21.1 Å². The first-order valence-corrected chi connectivity index (χ1v) is 10.5. The zero-order valence-corrected chi connectivity index (χ0v) is 18.7. The minimum atomic E-state index is -0.821. The lowest BCUT2D eigenvalue weighted by Crippen LogP contribution is -2.29. The van der Waals surface area contributed by atoms with Gasteiger partial charge in [-0.25, -0.2) is 0 Å². The van der Waals surface area contributed by atoms with Gasteiger partial charge in [0.15, 0.2) is 0 Å². The Hall–Kier alpha value is -3.84. The predicted octanol–water partition coefficient (Wildman–Crippen LogP) is 4.37. The Morgan fingerprint density at radius 3 is 2.39 bits per heavy atom. The van der Waals surface area contributed by atoms with Gasteiger partial charge in [-0.05, 0) is 42.0 Å². The van der Waals surface area contributed by atoms with Crippen LogP contribution in [0.2, 0.25) is 5.02 Å². The summed E-state index contributed by atoms with van der Waals surface area (Å²) in [4.78, 5) is 31.7. The van der Waals surface area contributed by atoms with Crippen molar-refractivity contribution in [2.45, 2.75) is 12.6 Å². The van der Waals surface area contributed by atoms with Crippen molar-refractivity contribution in [3.63, 3.8) is 0 Å². The number of Topliss-reactive ketones (excluding diaryl/α,β-unsaturated/α-hetero) is 1. The van der Waals surface area contributed by atoms with Crippen molar-refractivity contribution in [3.05, 3.63) is 94.3 Å². The lowest BCUT2D eigenvalue weighted by atomic mass is 9.95. The zero-order chi connectivity index (χ0) is 23.5. The summed E-state index contributed by atoms with van der Waals surface area (Å²) >= 11 is 6.22. The van der Waals surface area contributed by atoms with Crippen LogP contribution in [0.1, 0.15) is 22.7 Å². The molecule has 168 valence electrons. The monoisotopic (exact) mass is 464 g/mol. The molecule has 0 aliphatic carbocycles. The second kappa shape index (κ2) is 9.34. The van der Waals surface area contributed by atoms with Crippen LogP contribution in [0.15, 0.2) is 72.6 Å². The molecule has 3 aromatic rings. The fraction of sp³-hybridized carbons (Fsp3) is 0.160. The number of benzene rings is 2. The van der Waals surface area contributed by atoms with Crippen molar-refractivity contribution < 1.29 is 24.2 Å². The zero-order valence-electron chi connectivity index (χ0n) is 18.0. The number of carbonyl (C=O) groups excluding carboxylic acids is 2. The molecule has 8 heteroatoms.